The number of likely N-dealkylation sites (tertiary alicyclic amines) is 1. The predicted molar refractivity (Wildman–Crippen MR) is 81.6 cm³/mol. The van der Waals surface area contributed by atoms with Crippen molar-refractivity contribution in [2.45, 2.75) is 18.9 Å². The Hall–Kier alpha value is -2.54. The van der Waals surface area contributed by atoms with Crippen molar-refractivity contribution >= 4 is 5.91 Å². The lowest BCUT2D eigenvalue weighted by Gasteiger charge is -2.30. The van der Waals surface area contributed by atoms with Gasteiger partial charge in [-0.15, -0.1) is 0 Å². The van der Waals surface area contributed by atoms with Crippen LogP contribution >= 0.6 is 0 Å². The van der Waals surface area contributed by atoms with Crippen molar-refractivity contribution in [3.8, 4) is 11.6 Å². The number of nitrogens with zero attached hydrogens (tertiary/aromatic N) is 3. The Balaban J connectivity index is 1.68. The van der Waals surface area contributed by atoms with Crippen LogP contribution in [0.3, 0.4) is 0 Å². The summed E-state index contributed by atoms with van der Waals surface area (Å²) < 4.78 is 18.5. The van der Waals surface area contributed by atoms with Crippen molar-refractivity contribution in [3.63, 3.8) is 0 Å². The second-order valence-corrected chi connectivity index (χ2v) is 5.45. The molecule has 0 spiro atoms. The van der Waals surface area contributed by atoms with Crippen LogP contribution in [0.4, 0.5) is 4.39 Å². The molecule has 2 aromatic rings. The number of nitrogens with two attached hydrogens (primary N) is 1. The molecule has 0 aliphatic carbocycles. The molecule has 1 aromatic heterocycles. The molecule has 1 atom stereocenters. The first-order valence-electron chi connectivity index (χ1n) is 7.42. The van der Waals surface area contributed by atoms with Crippen molar-refractivity contribution < 1.29 is 13.9 Å². The Kier molecular flexibility index (Phi) is 4.47. The summed E-state index contributed by atoms with van der Waals surface area (Å²) in [6.07, 6.45) is 4.52. The largest absolute Gasteiger partial charge is 0.437 e. The number of amides is 1. The van der Waals surface area contributed by atoms with Crippen LogP contribution in [0, 0.1) is 5.82 Å². The van der Waals surface area contributed by atoms with E-state index in [0.717, 1.165) is 12.8 Å². The third-order valence-electron chi connectivity index (χ3n) is 3.61. The molecular formula is C16H17FN4O2. The van der Waals surface area contributed by atoms with Gasteiger partial charge in [0.2, 0.25) is 5.88 Å². The van der Waals surface area contributed by atoms with Gasteiger partial charge in [-0.05, 0) is 25.0 Å². The van der Waals surface area contributed by atoms with Crippen molar-refractivity contribution in [2.75, 3.05) is 13.1 Å². The van der Waals surface area contributed by atoms with Crippen LogP contribution < -0.4 is 10.5 Å². The Bertz CT molecular complexity index is 693. The lowest BCUT2D eigenvalue weighted by Crippen LogP contribution is -2.45. The SMILES string of the molecule is NC1CCCN(C(=O)c2cnc(Oc3cccc(F)c3)cn2)C1. The van der Waals surface area contributed by atoms with Crippen molar-refractivity contribution in [1.29, 1.82) is 0 Å². The second kappa shape index (κ2) is 6.70. The lowest BCUT2D eigenvalue weighted by molar-refractivity contribution is 0.0702. The summed E-state index contributed by atoms with van der Waals surface area (Å²) >= 11 is 0. The molecule has 1 amide bonds. The molecule has 0 saturated carbocycles. The monoisotopic (exact) mass is 316 g/mol. The van der Waals surface area contributed by atoms with Gasteiger partial charge in [0.1, 0.15) is 17.3 Å². The Labute approximate surface area is 133 Å². The topological polar surface area (TPSA) is 81.3 Å². The Morgan fingerprint density at radius 2 is 2.22 bits per heavy atom. The number of benzene rings is 1. The average Bonchev–Trinajstić information content (AvgIpc) is 2.55. The first-order chi connectivity index (χ1) is 11.1. The molecule has 1 saturated heterocycles. The van der Waals surface area contributed by atoms with E-state index in [0.29, 0.717) is 18.8 Å². The van der Waals surface area contributed by atoms with E-state index in [4.69, 9.17) is 10.5 Å². The summed E-state index contributed by atoms with van der Waals surface area (Å²) in [5.74, 6) is -0.0727. The third-order valence-corrected chi connectivity index (χ3v) is 3.61. The van der Waals surface area contributed by atoms with Gasteiger partial charge in [-0.2, -0.15) is 0 Å². The maximum absolute atomic E-state index is 13.1. The quantitative estimate of drug-likeness (QED) is 0.936. The molecule has 3 rings (SSSR count). The molecular weight excluding hydrogens is 299 g/mol. The molecule has 120 valence electrons. The van der Waals surface area contributed by atoms with Gasteiger partial charge in [0.05, 0.1) is 12.4 Å². The summed E-state index contributed by atoms with van der Waals surface area (Å²) in [4.78, 5) is 22.2. The van der Waals surface area contributed by atoms with Gasteiger partial charge < -0.3 is 15.4 Å². The molecule has 6 nitrogen and oxygen atoms in total. The van der Waals surface area contributed by atoms with Crippen LogP contribution in [0.15, 0.2) is 36.7 Å². The van der Waals surface area contributed by atoms with Gasteiger partial charge in [-0.1, -0.05) is 6.07 Å². The minimum atomic E-state index is -0.399. The zero-order chi connectivity index (χ0) is 16.2. The molecule has 1 unspecified atom stereocenters. The molecule has 2 heterocycles. The van der Waals surface area contributed by atoms with E-state index >= 15 is 0 Å². The second-order valence-electron chi connectivity index (χ2n) is 5.45. The van der Waals surface area contributed by atoms with Gasteiger partial charge in [0, 0.05) is 25.2 Å². The lowest BCUT2D eigenvalue weighted by atomic mass is 10.1. The summed E-state index contributed by atoms with van der Waals surface area (Å²) in [6.45, 7) is 1.21. The van der Waals surface area contributed by atoms with Crippen LogP contribution in [-0.4, -0.2) is 39.9 Å². The summed E-state index contributed by atoms with van der Waals surface area (Å²) in [5, 5.41) is 0. The van der Waals surface area contributed by atoms with E-state index in [1.807, 2.05) is 0 Å². The maximum Gasteiger partial charge on any atom is 0.274 e. The Morgan fingerprint density at radius 1 is 1.35 bits per heavy atom. The first kappa shape index (κ1) is 15.4. The Morgan fingerprint density at radius 3 is 2.91 bits per heavy atom. The van der Waals surface area contributed by atoms with E-state index in [1.165, 1.54) is 30.6 Å². The highest BCUT2D eigenvalue weighted by atomic mass is 19.1. The van der Waals surface area contributed by atoms with Crippen molar-refractivity contribution in [3.05, 3.63) is 48.2 Å². The van der Waals surface area contributed by atoms with Crippen molar-refractivity contribution in [2.24, 2.45) is 5.73 Å². The number of ether oxygens (including phenoxy) is 1. The standard InChI is InChI=1S/C16H17FN4O2/c17-11-3-1-5-13(7-11)23-15-9-19-14(8-20-15)16(22)21-6-2-4-12(18)10-21/h1,3,5,7-9,12H,2,4,6,10,18H2. The summed E-state index contributed by atoms with van der Waals surface area (Å²) in [7, 11) is 0. The van der Waals surface area contributed by atoms with Crippen LogP contribution in [-0.2, 0) is 0 Å². The average molecular weight is 316 g/mol. The van der Waals surface area contributed by atoms with E-state index in [2.05, 4.69) is 9.97 Å². The molecule has 7 heteroatoms. The van der Waals surface area contributed by atoms with Gasteiger partial charge in [-0.3, -0.25) is 4.79 Å². The normalized spacial score (nSPS) is 17.8. The highest BCUT2D eigenvalue weighted by Gasteiger charge is 2.23. The number of piperidine rings is 1. The van der Waals surface area contributed by atoms with Gasteiger partial charge >= 0.3 is 0 Å². The number of carbonyl (C=O) groups excluding carboxylic acids is 1. The van der Waals surface area contributed by atoms with E-state index in [1.54, 1.807) is 11.0 Å². The number of halogens is 1. The first-order valence-corrected chi connectivity index (χ1v) is 7.42. The summed E-state index contributed by atoms with van der Waals surface area (Å²) in [6, 6.07) is 5.73. The maximum atomic E-state index is 13.1. The van der Waals surface area contributed by atoms with Crippen molar-refractivity contribution in [1.82, 2.24) is 14.9 Å². The molecule has 23 heavy (non-hydrogen) atoms. The summed E-state index contributed by atoms with van der Waals surface area (Å²) in [5.41, 5.74) is 6.12. The minimum Gasteiger partial charge on any atom is -0.437 e. The number of carbonyl (C=O) groups is 1. The zero-order valence-electron chi connectivity index (χ0n) is 12.5. The van der Waals surface area contributed by atoms with Gasteiger partial charge in [-0.25, -0.2) is 14.4 Å². The fraction of sp³-hybridized carbons (Fsp3) is 0.312. The third kappa shape index (κ3) is 3.81. The minimum absolute atomic E-state index is 0.0104. The number of aromatic nitrogens is 2. The van der Waals surface area contributed by atoms with E-state index in [-0.39, 0.29) is 23.5 Å². The molecule has 1 aliphatic rings. The fourth-order valence-electron chi connectivity index (χ4n) is 2.49. The molecule has 0 radical (unpaired) electrons. The highest BCUT2D eigenvalue weighted by Crippen LogP contribution is 2.19. The number of rotatable bonds is 3. The van der Waals surface area contributed by atoms with Gasteiger partial charge in [0.15, 0.2) is 0 Å². The van der Waals surface area contributed by atoms with Crippen LogP contribution in [0.2, 0.25) is 0 Å². The predicted octanol–water partition coefficient (Wildman–Crippen LogP) is 1.97. The number of hydrogen-bond acceptors (Lipinski definition) is 5. The van der Waals surface area contributed by atoms with Gasteiger partial charge in [0.25, 0.3) is 5.91 Å². The van der Waals surface area contributed by atoms with E-state index in [9.17, 15) is 9.18 Å². The smallest absolute Gasteiger partial charge is 0.274 e. The van der Waals surface area contributed by atoms with E-state index < -0.39 is 5.82 Å². The molecule has 2 N–H and O–H groups in total. The highest BCUT2D eigenvalue weighted by molar-refractivity contribution is 5.92. The number of hydrogen-bond donors (Lipinski definition) is 1. The fourth-order valence-corrected chi connectivity index (χ4v) is 2.49. The molecule has 1 fully saturated rings. The molecule has 1 aliphatic heterocycles. The zero-order valence-corrected chi connectivity index (χ0v) is 12.5. The molecule has 1 aromatic carbocycles. The molecule has 0 bridgehead atoms. The van der Waals surface area contributed by atoms with Crippen LogP contribution in [0.5, 0.6) is 11.6 Å². The van der Waals surface area contributed by atoms with Crippen LogP contribution in [0.1, 0.15) is 23.3 Å². The van der Waals surface area contributed by atoms with Crippen LogP contribution in [0.25, 0.3) is 0 Å².